The van der Waals surface area contributed by atoms with Gasteiger partial charge in [-0.1, -0.05) is 50.2 Å². The van der Waals surface area contributed by atoms with Gasteiger partial charge in [0, 0.05) is 11.6 Å². The molecule has 4 nitrogen and oxygen atoms in total. The fourth-order valence-corrected chi connectivity index (χ4v) is 2.90. The average Bonchev–Trinajstić information content (AvgIpc) is 3.04. The Morgan fingerprint density at radius 2 is 1.72 bits per heavy atom. The van der Waals surface area contributed by atoms with Gasteiger partial charge in [-0.05, 0) is 41.8 Å². The number of aromatic nitrogens is 3. The molecule has 0 saturated carbocycles. The van der Waals surface area contributed by atoms with E-state index in [1.807, 2.05) is 22.8 Å². The lowest BCUT2D eigenvalue weighted by Gasteiger charge is -2.18. The fourth-order valence-electron chi connectivity index (χ4n) is 2.90. The molecule has 0 saturated heterocycles. The molecule has 0 aliphatic rings. The van der Waals surface area contributed by atoms with Gasteiger partial charge >= 0.3 is 0 Å². The second-order valence-corrected chi connectivity index (χ2v) is 6.87. The zero-order chi connectivity index (χ0) is 17.4. The maximum absolute atomic E-state index is 4.76. The summed E-state index contributed by atoms with van der Waals surface area (Å²) in [5.41, 5.74) is 2.97. The molecule has 126 valence electrons. The van der Waals surface area contributed by atoms with E-state index in [0.717, 1.165) is 22.7 Å². The van der Waals surface area contributed by atoms with E-state index in [9.17, 15) is 0 Å². The van der Waals surface area contributed by atoms with Gasteiger partial charge in [0.05, 0.1) is 11.9 Å². The molecule has 0 aliphatic heterocycles. The van der Waals surface area contributed by atoms with Crippen LogP contribution in [0.2, 0.25) is 0 Å². The van der Waals surface area contributed by atoms with Gasteiger partial charge in [0.2, 0.25) is 0 Å². The number of nitrogens with one attached hydrogen (secondary N) is 1. The predicted molar refractivity (Wildman–Crippen MR) is 104 cm³/mol. The van der Waals surface area contributed by atoms with Gasteiger partial charge in [0.25, 0.3) is 0 Å². The van der Waals surface area contributed by atoms with Crippen LogP contribution in [0.5, 0.6) is 0 Å². The first-order valence-corrected chi connectivity index (χ1v) is 8.72. The summed E-state index contributed by atoms with van der Waals surface area (Å²) in [6.07, 6.45) is 1.89. The van der Waals surface area contributed by atoms with Gasteiger partial charge in [0.15, 0.2) is 5.65 Å². The second kappa shape index (κ2) is 6.20. The van der Waals surface area contributed by atoms with Crippen LogP contribution >= 0.6 is 0 Å². The van der Waals surface area contributed by atoms with Gasteiger partial charge in [-0.25, -0.2) is 9.50 Å². The molecule has 0 fully saturated rings. The van der Waals surface area contributed by atoms with Gasteiger partial charge in [-0.3, -0.25) is 0 Å². The zero-order valence-electron chi connectivity index (χ0n) is 14.8. The van der Waals surface area contributed by atoms with Crippen molar-refractivity contribution in [2.45, 2.75) is 26.8 Å². The number of rotatable bonds is 4. The Labute approximate surface area is 147 Å². The molecule has 2 aromatic heterocycles. The number of hydrogen-bond acceptors (Lipinski definition) is 3. The maximum Gasteiger partial charge on any atom is 0.154 e. The summed E-state index contributed by atoms with van der Waals surface area (Å²) in [7, 11) is 0. The Bertz CT molecular complexity index is 1030. The number of benzene rings is 2. The Kier molecular flexibility index (Phi) is 3.88. The molecule has 4 aromatic rings. The molecule has 0 spiro atoms. The van der Waals surface area contributed by atoms with Crippen molar-refractivity contribution in [3.63, 3.8) is 0 Å². The highest BCUT2D eigenvalue weighted by Gasteiger charge is 2.11. The van der Waals surface area contributed by atoms with E-state index in [-0.39, 0.29) is 0 Å². The highest BCUT2D eigenvalue weighted by atomic mass is 15.3. The third-order valence-electron chi connectivity index (χ3n) is 4.78. The average molecular weight is 330 g/mol. The SMILES string of the molecule is CC(C)C(C)Nc1ccc2ncc(-c3ccc4ccccc4c3)n2n1. The van der Waals surface area contributed by atoms with E-state index in [1.165, 1.54) is 10.8 Å². The molecule has 0 radical (unpaired) electrons. The lowest BCUT2D eigenvalue weighted by molar-refractivity contribution is 0.557. The number of nitrogens with zero attached hydrogens (tertiary/aromatic N) is 3. The predicted octanol–water partition coefficient (Wildman–Crippen LogP) is 5.01. The van der Waals surface area contributed by atoms with Crippen LogP contribution in [0, 0.1) is 5.92 Å². The first-order valence-electron chi connectivity index (χ1n) is 8.72. The smallest absolute Gasteiger partial charge is 0.154 e. The zero-order valence-corrected chi connectivity index (χ0v) is 14.8. The van der Waals surface area contributed by atoms with E-state index < -0.39 is 0 Å². The molecule has 2 aromatic carbocycles. The summed E-state index contributed by atoms with van der Waals surface area (Å²) in [4.78, 5) is 4.50. The minimum Gasteiger partial charge on any atom is -0.366 e. The summed E-state index contributed by atoms with van der Waals surface area (Å²) >= 11 is 0. The first kappa shape index (κ1) is 15.6. The van der Waals surface area contributed by atoms with Gasteiger partial charge in [0.1, 0.15) is 5.82 Å². The second-order valence-electron chi connectivity index (χ2n) is 6.87. The minimum atomic E-state index is 0.359. The summed E-state index contributed by atoms with van der Waals surface area (Å²) in [5, 5.41) is 10.7. The van der Waals surface area contributed by atoms with Crippen molar-refractivity contribution < 1.29 is 0 Å². The van der Waals surface area contributed by atoms with Crippen LogP contribution in [-0.4, -0.2) is 20.6 Å². The topological polar surface area (TPSA) is 42.2 Å². The lowest BCUT2D eigenvalue weighted by Crippen LogP contribution is -2.22. The van der Waals surface area contributed by atoms with E-state index in [0.29, 0.717) is 12.0 Å². The Hall–Kier alpha value is -2.88. The lowest BCUT2D eigenvalue weighted by atomic mass is 10.1. The third kappa shape index (κ3) is 2.95. The van der Waals surface area contributed by atoms with Crippen LogP contribution in [-0.2, 0) is 0 Å². The molecule has 1 atom stereocenters. The highest BCUT2D eigenvalue weighted by molar-refractivity contribution is 5.87. The molecular weight excluding hydrogens is 308 g/mol. The third-order valence-corrected chi connectivity index (χ3v) is 4.78. The molecular formula is C21H22N4. The highest BCUT2D eigenvalue weighted by Crippen LogP contribution is 2.25. The van der Waals surface area contributed by atoms with Crippen LogP contribution in [0.4, 0.5) is 5.82 Å². The van der Waals surface area contributed by atoms with Gasteiger partial charge in [-0.15, -0.1) is 5.10 Å². The van der Waals surface area contributed by atoms with Crippen molar-refractivity contribution in [3.8, 4) is 11.3 Å². The molecule has 4 heteroatoms. The Balaban J connectivity index is 1.78. The standard InChI is InChI=1S/C21H22N4/c1-14(2)15(3)23-20-10-11-21-22-13-19(25(21)24-20)18-9-8-16-6-4-5-7-17(16)12-18/h4-15H,1-3H3,(H,23,24). The van der Waals surface area contributed by atoms with Crippen molar-refractivity contribution in [1.82, 2.24) is 14.6 Å². The van der Waals surface area contributed by atoms with Gasteiger partial charge < -0.3 is 5.32 Å². The summed E-state index contributed by atoms with van der Waals surface area (Å²) in [6, 6.07) is 19.2. The molecule has 0 bridgehead atoms. The van der Waals surface area contributed by atoms with Crippen LogP contribution in [0.1, 0.15) is 20.8 Å². The van der Waals surface area contributed by atoms with Crippen molar-refractivity contribution >= 4 is 22.2 Å². The van der Waals surface area contributed by atoms with Crippen molar-refractivity contribution in [3.05, 3.63) is 60.8 Å². The van der Waals surface area contributed by atoms with E-state index in [4.69, 9.17) is 5.10 Å². The molecule has 0 amide bonds. The molecule has 1 unspecified atom stereocenters. The Morgan fingerprint density at radius 3 is 2.52 bits per heavy atom. The van der Waals surface area contributed by atoms with E-state index in [1.54, 1.807) is 0 Å². The first-order chi connectivity index (χ1) is 12.1. The number of imidazole rings is 1. The number of fused-ring (bicyclic) bond motifs is 2. The molecule has 25 heavy (non-hydrogen) atoms. The van der Waals surface area contributed by atoms with Crippen LogP contribution in [0.25, 0.3) is 27.7 Å². The monoisotopic (exact) mass is 330 g/mol. The quantitative estimate of drug-likeness (QED) is 0.572. The summed E-state index contributed by atoms with van der Waals surface area (Å²) in [5.74, 6) is 1.41. The molecule has 0 aliphatic carbocycles. The van der Waals surface area contributed by atoms with Crippen LogP contribution in [0.3, 0.4) is 0 Å². The van der Waals surface area contributed by atoms with E-state index >= 15 is 0 Å². The van der Waals surface area contributed by atoms with Crippen LogP contribution in [0.15, 0.2) is 60.8 Å². The van der Waals surface area contributed by atoms with Crippen molar-refractivity contribution in [1.29, 1.82) is 0 Å². The molecule has 1 N–H and O–H groups in total. The number of hydrogen-bond donors (Lipinski definition) is 1. The normalized spacial score (nSPS) is 12.8. The Morgan fingerprint density at radius 1 is 0.920 bits per heavy atom. The fraction of sp³-hybridized carbons (Fsp3) is 0.238. The summed E-state index contributed by atoms with van der Waals surface area (Å²) in [6.45, 7) is 6.58. The van der Waals surface area contributed by atoms with E-state index in [2.05, 4.69) is 73.5 Å². The minimum absolute atomic E-state index is 0.359. The van der Waals surface area contributed by atoms with Gasteiger partial charge in [-0.2, -0.15) is 0 Å². The largest absolute Gasteiger partial charge is 0.366 e. The summed E-state index contributed by atoms with van der Waals surface area (Å²) < 4.78 is 1.92. The molecule has 2 heterocycles. The molecule has 4 rings (SSSR count). The number of anilines is 1. The van der Waals surface area contributed by atoms with Crippen molar-refractivity contribution in [2.75, 3.05) is 5.32 Å². The van der Waals surface area contributed by atoms with Crippen molar-refractivity contribution in [2.24, 2.45) is 5.92 Å². The maximum atomic E-state index is 4.76. The van der Waals surface area contributed by atoms with Crippen LogP contribution < -0.4 is 5.32 Å².